The molecule has 1 unspecified atom stereocenters. The van der Waals surface area contributed by atoms with Crippen LogP contribution in [-0.2, 0) is 6.42 Å². The lowest BCUT2D eigenvalue weighted by Crippen LogP contribution is -2.24. The third kappa shape index (κ3) is 1.46. The molecule has 1 aliphatic heterocycles. The number of aryl methyl sites for hydroxylation is 2. The fraction of sp³-hybridized carbons (Fsp3) is 0.357. The van der Waals surface area contributed by atoms with Crippen LogP contribution in [0.15, 0.2) is 16.9 Å². The first kappa shape index (κ1) is 11.3. The van der Waals surface area contributed by atoms with Crippen molar-refractivity contribution < 1.29 is 4.74 Å². The second-order valence-electron chi connectivity index (χ2n) is 4.85. The molecule has 1 atom stereocenters. The summed E-state index contributed by atoms with van der Waals surface area (Å²) in [5.41, 5.74) is 9.88. The minimum atomic E-state index is -0.0701. The van der Waals surface area contributed by atoms with E-state index in [1.807, 2.05) is 19.9 Å². The standard InChI is InChI=1S/C14H16N2O2/c1-7-11-5-9(6-15)18-14(11)8(2)10-3-4-12(17)16-13(7)10/h3-4,9H,5-6,15H2,1-2H3,(H,16,17). The zero-order valence-electron chi connectivity index (χ0n) is 10.5. The van der Waals surface area contributed by atoms with Crippen molar-refractivity contribution in [3.8, 4) is 5.75 Å². The van der Waals surface area contributed by atoms with E-state index in [0.717, 1.165) is 34.2 Å². The maximum Gasteiger partial charge on any atom is 0.248 e. The summed E-state index contributed by atoms with van der Waals surface area (Å²) >= 11 is 0. The molecule has 1 aromatic carbocycles. The number of aromatic amines is 1. The number of nitrogens with one attached hydrogen (secondary N) is 1. The molecule has 0 spiro atoms. The Bertz CT molecular complexity index is 688. The van der Waals surface area contributed by atoms with Gasteiger partial charge in [-0.15, -0.1) is 0 Å². The second-order valence-corrected chi connectivity index (χ2v) is 4.85. The molecule has 1 aliphatic rings. The number of benzene rings is 1. The van der Waals surface area contributed by atoms with E-state index in [9.17, 15) is 4.79 Å². The van der Waals surface area contributed by atoms with Crippen LogP contribution in [-0.4, -0.2) is 17.6 Å². The first-order valence-electron chi connectivity index (χ1n) is 6.13. The van der Waals surface area contributed by atoms with Crippen molar-refractivity contribution in [2.24, 2.45) is 5.73 Å². The van der Waals surface area contributed by atoms with E-state index in [-0.39, 0.29) is 11.7 Å². The Morgan fingerprint density at radius 1 is 1.39 bits per heavy atom. The van der Waals surface area contributed by atoms with Crippen LogP contribution in [0.2, 0.25) is 0 Å². The smallest absolute Gasteiger partial charge is 0.248 e. The molecule has 3 N–H and O–H groups in total. The lowest BCUT2D eigenvalue weighted by Gasteiger charge is -2.12. The van der Waals surface area contributed by atoms with E-state index >= 15 is 0 Å². The lowest BCUT2D eigenvalue weighted by atomic mass is 9.96. The molecule has 0 aliphatic carbocycles. The molecule has 2 heterocycles. The number of hydrogen-bond donors (Lipinski definition) is 2. The fourth-order valence-electron chi connectivity index (χ4n) is 2.73. The second kappa shape index (κ2) is 3.85. The monoisotopic (exact) mass is 244 g/mol. The minimum absolute atomic E-state index is 0.0564. The number of pyridine rings is 1. The number of ether oxygens (including phenoxy) is 1. The van der Waals surface area contributed by atoms with Crippen LogP contribution in [0.1, 0.15) is 16.7 Å². The molecule has 4 heteroatoms. The number of H-pyrrole nitrogens is 1. The Morgan fingerprint density at radius 3 is 2.89 bits per heavy atom. The molecule has 2 aromatic rings. The van der Waals surface area contributed by atoms with Gasteiger partial charge in [-0.25, -0.2) is 0 Å². The van der Waals surface area contributed by atoms with E-state index in [0.29, 0.717) is 6.54 Å². The van der Waals surface area contributed by atoms with Gasteiger partial charge in [-0.2, -0.15) is 0 Å². The van der Waals surface area contributed by atoms with Crippen LogP contribution in [0, 0.1) is 13.8 Å². The van der Waals surface area contributed by atoms with E-state index in [1.165, 1.54) is 5.56 Å². The van der Waals surface area contributed by atoms with Crippen molar-refractivity contribution in [3.05, 3.63) is 39.2 Å². The number of aromatic nitrogens is 1. The highest BCUT2D eigenvalue weighted by Gasteiger charge is 2.27. The molecular formula is C14H16N2O2. The Hall–Kier alpha value is -1.81. The molecule has 3 rings (SSSR count). The zero-order valence-corrected chi connectivity index (χ0v) is 10.5. The van der Waals surface area contributed by atoms with Crippen LogP contribution in [0.4, 0.5) is 0 Å². The molecule has 0 saturated carbocycles. The van der Waals surface area contributed by atoms with Crippen molar-refractivity contribution >= 4 is 10.9 Å². The van der Waals surface area contributed by atoms with Gasteiger partial charge in [0.25, 0.3) is 0 Å². The van der Waals surface area contributed by atoms with Crippen molar-refractivity contribution in [1.82, 2.24) is 4.98 Å². The first-order valence-corrected chi connectivity index (χ1v) is 6.13. The van der Waals surface area contributed by atoms with Gasteiger partial charge in [-0.05, 0) is 25.5 Å². The van der Waals surface area contributed by atoms with Crippen molar-refractivity contribution in [2.75, 3.05) is 6.54 Å². The average molecular weight is 244 g/mol. The summed E-state index contributed by atoms with van der Waals surface area (Å²) in [6.07, 6.45) is 0.881. The number of nitrogens with two attached hydrogens (primary N) is 1. The molecule has 0 radical (unpaired) electrons. The van der Waals surface area contributed by atoms with Gasteiger partial charge < -0.3 is 15.5 Å². The van der Waals surface area contributed by atoms with Gasteiger partial charge >= 0.3 is 0 Å². The van der Waals surface area contributed by atoms with Crippen molar-refractivity contribution in [3.63, 3.8) is 0 Å². The van der Waals surface area contributed by atoms with Crippen molar-refractivity contribution in [1.29, 1.82) is 0 Å². The van der Waals surface area contributed by atoms with Gasteiger partial charge in [-0.1, -0.05) is 0 Å². The summed E-state index contributed by atoms with van der Waals surface area (Å²) in [4.78, 5) is 14.4. The van der Waals surface area contributed by atoms with Crippen LogP contribution >= 0.6 is 0 Å². The number of rotatable bonds is 1. The van der Waals surface area contributed by atoms with E-state index in [1.54, 1.807) is 6.07 Å². The highest BCUT2D eigenvalue weighted by molar-refractivity contribution is 5.89. The van der Waals surface area contributed by atoms with E-state index in [4.69, 9.17) is 10.5 Å². The third-order valence-electron chi connectivity index (χ3n) is 3.74. The fourth-order valence-corrected chi connectivity index (χ4v) is 2.73. The van der Waals surface area contributed by atoms with Gasteiger partial charge in [0.2, 0.25) is 5.56 Å². The topological polar surface area (TPSA) is 68.1 Å². The van der Waals surface area contributed by atoms with Gasteiger partial charge in [-0.3, -0.25) is 4.79 Å². The maximum absolute atomic E-state index is 11.5. The van der Waals surface area contributed by atoms with Crippen LogP contribution < -0.4 is 16.0 Å². The molecular weight excluding hydrogens is 228 g/mol. The third-order valence-corrected chi connectivity index (χ3v) is 3.74. The first-order chi connectivity index (χ1) is 8.61. The number of hydrogen-bond acceptors (Lipinski definition) is 3. The molecule has 4 nitrogen and oxygen atoms in total. The normalized spacial score (nSPS) is 17.8. The molecule has 18 heavy (non-hydrogen) atoms. The van der Waals surface area contributed by atoms with Gasteiger partial charge in [0, 0.05) is 35.5 Å². The molecule has 0 bridgehead atoms. The SMILES string of the molecule is Cc1c2c(c(C)c3[nH]c(=O)ccc13)CC(CN)O2. The van der Waals surface area contributed by atoms with E-state index in [2.05, 4.69) is 4.98 Å². The molecule has 0 saturated heterocycles. The molecule has 1 aromatic heterocycles. The summed E-state index contributed by atoms with van der Waals surface area (Å²) < 4.78 is 5.89. The summed E-state index contributed by atoms with van der Waals surface area (Å²) in [7, 11) is 0. The van der Waals surface area contributed by atoms with Crippen molar-refractivity contribution in [2.45, 2.75) is 26.4 Å². The average Bonchev–Trinajstić information content (AvgIpc) is 2.80. The molecule has 94 valence electrons. The summed E-state index contributed by atoms with van der Waals surface area (Å²) in [5, 5.41) is 1.04. The van der Waals surface area contributed by atoms with Crippen LogP contribution in [0.3, 0.4) is 0 Å². The van der Waals surface area contributed by atoms with Crippen LogP contribution in [0.5, 0.6) is 5.75 Å². The quantitative estimate of drug-likeness (QED) is 0.797. The predicted octanol–water partition coefficient (Wildman–Crippen LogP) is 1.41. The maximum atomic E-state index is 11.5. The molecule has 0 fully saturated rings. The van der Waals surface area contributed by atoms with Crippen LogP contribution in [0.25, 0.3) is 10.9 Å². The largest absolute Gasteiger partial charge is 0.488 e. The predicted molar refractivity (Wildman–Crippen MR) is 71.2 cm³/mol. The van der Waals surface area contributed by atoms with Gasteiger partial charge in [0.05, 0.1) is 5.52 Å². The van der Waals surface area contributed by atoms with E-state index < -0.39 is 0 Å². The Labute approximate surface area is 105 Å². The Kier molecular flexibility index (Phi) is 2.41. The van der Waals surface area contributed by atoms with Gasteiger partial charge in [0.15, 0.2) is 0 Å². The molecule has 0 amide bonds. The van der Waals surface area contributed by atoms with Gasteiger partial charge in [0.1, 0.15) is 11.9 Å². The lowest BCUT2D eigenvalue weighted by molar-refractivity contribution is 0.240. The Balaban J connectivity index is 2.35. The summed E-state index contributed by atoms with van der Waals surface area (Å²) in [6, 6.07) is 3.41. The zero-order chi connectivity index (χ0) is 12.9. The number of fused-ring (bicyclic) bond motifs is 2. The highest BCUT2D eigenvalue weighted by Crippen LogP contribution is 2.39. The Morgan fingerprint density at radius 2 is 2.17 bits per heavy atom. The summed E-state index contributed by atoms with van der Waals surface area (Å²) in [6.45, 7) is 4.57. The summed E-state index contributed by atoms with van der Waals surface area (Å²) in [5.74, 6) is 0.947. The minimum Gasteiger partial charge on any atom is -0.488 e. The highest BCUT2D eigenvalue weighted by atomic mass is 16.5.